The molecule has 0 spiro atoms. The van der Waals surface area contributed by atoms with E-state index in [2.05, 4.69) is 5.32 Å². The number of nitrogens with one attached hydrogen (secondary N) is 1. The molecule has 2 rings (SSSR count). The van der Waals surface area contributed by atoms with E-state index in [-0.39, 0.29) is 17.3 Å². The maximum atomic E-state index is 13.7. The summed E-state index contributed by atoms with van der Waals surface area (Å²) >= 11 is 0. The molecule has 1 heterocycles. The van der Waals surface area contributed by atoms with Crippen LogP contribution in [0.1, 0.15) is 23.2 Å². The highest BCUT2D eigenvalue weighted by molar-refractivity contribution is 7.85. The number of carbonyl (C=O) groups is 1. The Balaban J connectivity index is 2.18. The second-order valence-electron chi connectivity index (χ2n) is 4.23. The third-order valence-corrected chi connectivity index (χ3v) is 4.36. The fraction of sp³-hybridized carbons (Fsp3) is 0.417. The van der Waals surface area contributed by atoms with Crippen LogP contribution in [0.15, 0.2) is 18.2 Å². The minimum Gasteiger partial charge on any atom is -0.478 e. The molecule has 0 atom stereocenters. The van der Waals surface area contributed by atoms with Crippen molar-refractivity contribution in [1.29, 1.82) is 0 Å². The lowest BCUT2D eigenvalue weighted by molar-refractivity contribution is 0.0697. The SMILES string of the molecule is O=C(O)c1cccc(F)c1NC1CCS(=O)CC1. The van der Waals surface area contributed by atoms with Crippen LogP contribution >= 0.6 is 0 Å². The molecule has 1 aliphatic heterocycles. The van der Waals surface area contributed by atoms with Crippen LogP contribution in [0.5, 0.6) is 0 Å². The van der Waals surface area contributed by atoms with Crippen molar-refractivity contribution in [3.8, 4) is 0 Å². The first-order chi connectivity index (χ1) is 8.58. The number of halogens is 1. The molecular formula is C12H14FNO3S. The van der Waals surface area contributed by atoms with E-state index in [1.165, 1.54) is 18.2 Å². The summed E-state index contributed by atoms with van der Waals surface area (Å²) in [6.07, 6.45) is 1.33. The van der Waals surface area contributed by atoms with Gasteiger partial charge in [-0.3, -0.25) is 4.21 Å². The second kappa shape index (κ2) is 5.48. The molecule has 2 N–H and O–H groups in total. The van der Waals surface area contributed by atoms with Gasteiger partial charge in [0.15, 0.2) is 0 Å². The third-order valence-electron chi connectivity index (χ3n) is 2.98. The third kappa shape index (κ3) is 2.87. The van der Waals surface area contributed by atoms with E-state index in [0.717, 1.165) is 0 Å². The number of hydrogen-bond acceptors (Lipinski definition) is 3. The summed E-state index contributed by atoms with van der Waals surface area (Å²) in [4.78, 5) is 11.0. The van der Waals surface area contributed by atoms with Crippen LogP contribution in [-0.4, -0.2) is 32.8 Å². The van der Waals surface area contributed by atoms with E-state index < -0.39 is 22.6 Å². The Kier molecular flexibility index (Phi) is 3.96. The fourth-order valence-corrected chi connectivity index (χ4v) is 3.29. The van der Waals surface area contributed by atoms with Gasteiger partial charge >= 0.3 is 5.97 Å². The predicted octanol–water partition coefficient (Wildman–Crippen LogP) is 1.85. The average molecular weight is 271 g/mol. The van der Waals surface area contributed by atoms with Gasteiger partial charge in [0.2, 0.25) is 0 Å². The van der Waals surface area contributed by atoms with E-state index in [9.17, 15) is 13.4 Å². The Morgan fingerprint density at radius 1 is 1.39 bits per heavy atom. The van der Waals surface area contributed by atoms with Gasteiger partial charge in [-0.1, -0.05) is 6.07 Å². The zero-order valence-electron chi connectivity index (χ0n) is 9.69. The van der Waals surface area contributed by atoms with E-state index in [1.807, 2.05) is 0 Å². The molecular weight excluding hydrogens is 257 g/mol. The molecule has 0 bridgehead atoms. The molecule has 0 amide bonds. The summed E-state index contributed by atoms with van der Waals surface area (Å²) in [5.74, 6) is -0.568. The maximum absolute atomic E-state index is 13.7. The van der Waals surface area contributed by atoms with Crippen LogP contribution in [0.4, 0.5) is 10.1 Å². The van der Waals surface area contributed by atoms with Gasteiger partial charge in [0.25, 0.3) is 0 Å². The first kappa shape index (κ1) is 13.0. The van der Waals surface area contributed by atoms with Crippen LogP contribution in [-0.2, 0) is 10.8 Å². The number of rotatable bonds is 3. The summed E-state index contributed by atoms with van der Waals surface area (Å²) in [5, 5.41) is 11.9. The highest BCUT2D eigenvalue weighted by Gasteiger charge is 2.21. The van der Waals surface area contributed by atoms with Crippen LogP contribution in [0.2, 0.25) is 0 Å². The van der Waals surface area contributed by atoms with Crippen molar-refractivity contribution in [3.05, 3.63) is 29.6 Å². The van der Waals surface area contributed by atoms with Gasteiger partial charge in [0.05, 0.1) is 11.3 Å². The number of anilines is 1. The molecule has 1 aromatic rings. The summed E-state index contributed by atoms with van der Waals surface area (Å²) in [5.41, 5.74) is -0.0376. The first-order valence-electron chi connectivity index (χ1n) is 5.71. The normalized spacial score (nSPS) is 23.6. The lowest BCUT2D eigenvalue weighted by Crippen LogP contribution is -2.30. The van der Waals surface area contributed by atoms with Crippen molar-refractivity contribution in [2.75, 3.05) is 16.8 Å². The average Bonchev–Trinajstić information content (AvgIpc) is 2.34. The molecule has 1 saturated heterocycles. The molecule has 98 valence electrons. The molecule has 18 heavy (non-hydrogen) atoms. The number of aromatic carboxylic acids is 1. The van der Waals surface area contributed by atoms with E-state index in [4.69, 9.17) is 5.11 Å². The van der Waals surface area contributed by atoms with Gasteiger partial charge in [-0.05, 0) is 25.0 Å². The molecule has 1 fully saturated rings. The minimum atomic E-state index is -1.16. The van der Waals surface area contributed by atoms with Gasteiger partial charge in [0, 0.05) is 28.3 Å². The van der Waals surface area contributed by atoms with Gasteiger partial charge in [-0.2, -0.15) is 0 Å². The Morgan fingerprint density at radius 2 is 2.06 bits per heavy atom. The summed E-state index contributed by atoms with van der Waals surface area (Å²) in [6, 6.07) is 3.96. The van der Waals surface area contributed by atoms with E-state index in [1.54, 1.807) is 0 Å². The van der Waals surface area contributed by atoms with E-state index in [0.29, 0.717) is 24.3 Å². The lowest BCUT2D eigenvalue weighted by atomic mass is 10.1. The van der Waals surface area contributed by atoms with Crippen LogP contribution < -0.4 is 5.32 Å². The maximum Gasteiger partial charge on any atom is 0.337 e. The van der Waals surface area contributed by atoms with Gasteiger partial charge in [-0.15, -0.1) is 0 Å². The van der Waals surface area contributed by atoms with E-state index >= 15 is 0 Å². The zero-order chi connectivity index (χ0) is 13.1. The zero-order valence-corrected chi connectivity index (χ0v) is 10.5. The van der Waals surface area contributed by atoms with Crippen molar-refractivity contribution < 1.29 is 18.5 Å². The van der Waals surface area contributed by atoms with Crippen LogP contribution in [0, 0.1) is 5.82 Å². The van der Waals surface area contributed by atoms with Crippen LogP contribution in [0.25, 0.3) is 0 Å². The standard InChI is InChI=1S/C12H14FNO3S/c13-10-3-1-2-9(12(15)16)11(10)14-8-4-6-18(17)7-5-8/h1-3,8,14H,4-7H2,(H,15,16). The molecule has 0 aliphatic carbocycles. The molecule has 0 aromatic heterocycles. The molecule has 6 heteroatoms. The second-order valence-corrected chi connectivity index (χ2v) is 5.93. The molecule has 0 unspecified atom stereocenters. The highest BCUT2D eigenvalue weighted by atomic mass is 32.2. The Morgan fingerprint density at radius 3 is 2.67 bits per heavy atom. The first-order valence-corrected chi connectivity index (χ1v) is 7.20. The smallest absolute Gasteiger partial charge is 0.337 e. The fourth-order valence-electron chi connectivity index (χ4n) is 1.99. The summed E-state index contributed by atoms with van der Waals surface area (Å²) in [7, 11) is -0.788. The van der Waals surface area contributed by atoms with Gasteiger partial charge < -0.3 is 10.4 Å². The number of carboxylic acid groups (broad SMARTS) is 1. The largest absolute Gasteiger partial charge is 0.478 e. The number of carboxylic acids is 1. The van der Waals surface area contributed by atoms with Crippen molar-refractivity contribution in [2.24, 2.45) is 0 Å². The molecule has 1 aliphatic rings. The Labute approximate surface area is 107 Å². The van der Waals surface area contributed by atoms with Gasteiger partial charge in [0.1, 0.15) is 5.82 Å². The van der Waals surface area contributed by atoms with Crippen LogP contribution in [0.3, 0.4) is 0 Å². The van der Waals surface area contributed by atoms with Crippen molar-refractivity contribution in [1.82, 2.24) is 0 Å². The Bertz CT molecular complexity index is 482. The minimum absolute atomic E-state index is 0.0160. The number of hydrogen-bond donors (Lipinski definition) is 2. The summed E-state index contributed by atoms with van der Waals surface area (Å²) in [6.45, 7) is 0. The highest BCUT2D eigenvalue weighted by Crippen LogP contribution is 2.23. The van der Waals surface area contributed by atoms with Gasteiger partial charge in [-0.25, -0.2) is 9.18 Å². The Hall–Kier alpha value is -1.43. The molecule has 4 nitrogen and oxygen atoms in total. The summed E-state index contributed by atoms with van der Waals surface area (Å²) < 4.78 is 24.9. The number of para-hydroxylation sites is 1. The van der Waals surface area contributed by atoms with Crippen molar-refractivity contribution in [2.45, 2.75) is 18.9 Å². The number of benzene rings is 1. The monoisotopic (exact) mass is 271 g/mol. The predicted molar refractivity (Wildman–Crippen MR) is 67.9 cm³/mol. The lowest BCUT2D eigenvalue weighted by Gasteiger charge is -2.24. The topological polar surface area (TPSA) is 66.4 Å². The quantitative estimate of drug-likeness (QED) is 0.880. The molecule has 0 saturated carbocycles. The van der Waals surface area contributed by atoms with Crippen molar-refractivity contribution >= 4 is 22.5 Å². The molecule has 1 aromatic carbocycles. The van der Waals surface area contributed by atoms with Crippen molar-refractivity contribution in [3.63, 3.8) is 0 Å². The molecule has 0 radical (unpaired) electrons.